The minimum Gasteiger partial charge on any atom is -0.481 e. The van der Waals surface area contributed by atoms with Crippen LogP contribution in [0, 0.1) is 18.8 Å². The third kappa shape index (κ3) is 4.61. The summed E-state index contributed by atoms with van der Waals surface area (Å²) in [5.41, 5.74) is 2.76. The Morgan fingerprint density at radius 3 is 2.84 bits per heavy atom. The molecule has 1 N–H and O–H groups in total. The topological polar surface area (TPSA) is 63.1 Å². The number of carboxylic acids is 1. The number of carbonyl (C=O) groups is 1. The van der Waals surface area contributed by atoms with E-state index in [0.717, 1.165) is 41.0 Å². The lowest BCUT2D eigenvalue weighted by atomic mass is 9.81. The molecule has 25 heavy (non-hydrogen) atoms. The molecule has 0 unspecified atom stereocenters. The maximum absolute atomic E-state index is 10.9. The van der Waals surface area contributed by atoms with Crippen LogP contribution in [-0.2, 0) is 4.79 Å². The summed E-state index contributed by atoms with van der Waals surface area (Å²) in [6.07, 6.45) is 9.51. The molecule has 0 aromatic carbocycles. The zero-order valence-electron chi connectivity index (χ0n) is 14.2. The molecule has 2 heterocycles. The first-order valence-corrected chi connectivity index (χ1v) is 9.17. The second-order valence-electron chi connectivity index (χ2n) is 6.34. The quantitative estimate of drug-likeness (QED) is 0.822. The monoisotopic (exact) mass is 352 g/mol. The number of aryl methyl sites for hydroxylation is 1. The minimum absolute atomic E-state index is 0.0312. The minimum atomic E-state index is -0.727. The zero-order chi connectivity index (χ0) is 17.7. The van der Waals surface area contributed by atoms with E-state index in [2.05, 4.69) is 21.8 Å². The molecule has 4 nitrogen and oxygen atoms in total. The van der Waals surface area contributed by atoms with Gasteiger partial charge in [0.1, 0.15) is 0 Å². The number of hydrogen-bond donors (Lipinski definition) is 1. The summed E-state index contributed by atoms with van der Waals surface area (Å²) in [5.74, 6) is 5.66. The van der Waals surface area contributed by atoms with Crippen LogP contribution in [-0.4, -0.2) is 25.8 Å². The summed E-state index contributed by atoms with van der Waals surface area (Å²) in [4.78, 5) is 20.4. The summed E-state index contributed by atoms with van der Waals surface area (Å²) in [7, 11) is 0. The maximum Gasteiger partial charge on any atom is 0.303 e. The van der Waals surface area contributed by atoms with Gasteiger partial charge < -0.3 is 5.11 Å². The second-order valence-corrected chi connectivity index (χ2v) is 7.85. The number of rotatable bonds is 5. The molecular formula is C20H20N2O2S. The third-order valence-electron chi connectivity index (χ3n) is 4.40. The lowest BCUT2D eigenvalue weighted by Crippen LogP contribution is -2.33. The molecule has 2 aromatic rings. The summed E-state index contributed by atoms with van der Waals surface area (Å²) < 4.78 is 0.0312. The number of nitrogens with zero attached hydrogens (tertiary/aromatic N) is 2. The highest BCUT2D eigenvalue weighted by Crippen LogP contribution is 2.51. The fourth-order valence-corrected chi connectivity index (χ4v) is 4.38. The van der Waals surface area contributed by atoms with Gasteiger partial charge in [0.05, 0.1) is 5.56 Å². The van der Waals surface area contributed by atoms with Crippen LogP contribution in [0.15, 0.2) is 41.7 Å². The van der Waals surface area contributed by atoms with E-state index in [1.54, 1.807) is 30.4 Å². The van der Waals surface area contributed by atoms with Gasteiger partial charge in [-0.2, -0.15) is 0 Å². The molecule has 128 valence electrons. The van der Waals surface area contributed by atoms with E-state index in [4.69, 9.17) is 5.11 Å². The van der Waals surface area contributed by atoms with Gasteiger partial charge in [-0.05, 0) is 44.4 Å². The molecule has 1 saturated carbocycles. The van der Waals surface area contributed by atoms with E-state index >= 15 is 0 Å². The van der Waals surface area contributed by atoms with Crippen molar-refractivity contribution in [1.82, 2.24) is 9.97 Å². The lowest BCUT2D eigenvalue weighted by molar-refractivity contribution is -0.137. The van der Waals surface area contributed by atoms with Gasteiger partial charge in [0, 0.05) is 45.9 Å². The zero-order valence-corrected chi connectivity index (χ0v) is 15.0. The Labute approximate surface area is 152 Å². The maximum atomic E-state index is 10.9. The second kappa shape index (κ2) is 7.71. The number of hydrogen-bond acceptors (Lipinski definition) is 4. The molecule has 0 saturated heterocycles. The lowest BCUT2D eigenvalue weighted by Gasteiger charge is -2.41. The Hall–Kier alpha value is -2.32. The third-order valence-corrected chi connectivity index (χ3v) is 6.03. The van der Waals surface area contributed by atoms with Crippen molar-refractivity contribution in [3.63, 3.8) is 0 Å². The van der Waals surface area contributed by atoms with Crippen molar-refractivity contribution in [2.75, 3.05) is 0 Å². The molecule has 1 fully saturated rings. The molecule has 2 aromatic heterocycles. The van der Waals surface area contributed by atoms with Crippen molar-refractivity contribution >= 4 is 17.7 Å². The van der Waals surface area contributed by atoms with Crippen molar-refractivity contribution in [2.45, 2.75) is 48.7 Å². The average molecular weight is 352 g/mol. The summed E-state index contributed by atoms with van der Waals surface area (Å²) in [6.45, 7) is 1.94. The average Bonchev–Trinajstić information content (AvgIpc) is 2.56. The molecule has 0 amide bonds. The van der Waals surface area contributed by atoms with Crippen LogP contribution in [0.1, 0.15) is 48.9 Å². The number of aromatic nitrogens is 2. The number of pyridine rings is 2. The Morgan fingerprint density at radius 1 is 1.32 bits per heavy atom. The highest BCUT2D eigenvalue weighted by atomic mass is 32.2. The van der Waals surface area contributed by atoms with Crippen LogP contribution in [0.25, 0.3) is 0 Å². The molecule has 0 bridgehead atoms. The van der Waals surface area contributed by atoms with Gasteiger partial charge in [-0.1, -0.05) is 18.3 Å². The first-order valence-electron chi connectivity index (χ1n) is 8.36. The predicted molar refractivity (Wildman–Crippen MR) is 98.5 cm³/mol. The Morgan fingerprint density at radius 2 is 2.16 bits per heavy atom. The van der Waals surface area contributed by atoms with Crippen LogP contribution < -0.4 is 0 Å². The number of aliphatic carboxylic acids is 1. The molecule has 1 aliphatic rings. The Kier molecular flexibility index (Phi) is 5.40. The summed E-state index contributed by atoms with van der Waals surface area (Å²) in [5, 5.41) is 9.00. The highest BCUT2D eigenvalue weighted by molar-refractivity contribution is 8.00. The van der Waals surface area contributed by atoms with Crippen molar-refractivity contribution in [3.8, 4) is 11.8 Å². The molecule has 0 aliphatic heterocycles. The fraction of sp³-hybridized carbons (Fsp3) is 0.350. The van der Waals surface area contributed by atoms with Gasteiger partial charge in [-0.15, -0.1) is 11.8 Å². The van der Waals surface area contributed by atoms with E-state index in [1.165, 1.54) is 0 Å². The fourth-order valence-electron chi connectivity index (χ4n) is 2.87. The van der Waals surface area contributed by atoms with E-state index in [9.17, 15) is 4.79 Å². The van der Waals surface area contributed by atoms with Gasteiger partial charge in [-0.25, -0.2) is 0 Å². The normalized spacial score (nSPS) is 14.9. The Bertz CT molecular complexity index is 835. The van der Waals surface area contributed by atoms with Crippen LogP contribution in [0.5, 0.6) is 0 Å². The Balaban J connectivity index is 1.80. The molecule has 1 aliphatic carbocycles. The molecule has 0 radical (unpaired) electrons. The van der Waals surface area contributed by atoms with Gasteiger partial charge >= 0.3 is 5.97 Å². The molecule has 3 rings (SSSR count). The summed E-state index contributed by atoms with van der Waals surface area (Å²) in [6, 6.07) is 5.83. The van der Waals surface area contributed by atoms with Crippen molar-refractivity contribution in [3.05, 3.63) is 53.6 Å². The van der Waals surface area contributed by atoms with E-state index in [-0.39, 0.29) is 11.2 Å². The molecule has 0 spiro atoms. The first kappa shape index (κ1) is 17.5. The number of thioether (sulfide) groups is 1. The van der Waals surface area contributed by atoms with Crippen molar-refractivity contribution < 1.29 is 9.90 Å². The molecular weight excluding hydrogens is 332 g/mol. The first-order chi connectivity index (χ1) is 12.1. The van der Waals surface area contributed by atoms with E-state index < -0.39 is 5.97 Å². The van der Waals surface area contributed by atoms with Gasteiger partial charge in [0.2, 0.25) is 0 Å². The van der Waals surface area contributed by atoms with Crippen LogP contribution >= 0.6 is 11.8 Å². The van der Waals surface area contributed by atoms with Crippen LogP contribution in [0.3, 0.4) is 0 Å². The smallest absolute Gasteiger partial charge is 0.303 e. The highest BCUT2D eigenvalue weighted by Gasteiger charge is 2.38. The van der Waals surface area contributed by atoms with Crippen molar-refractivity contribution in [2.24, 2.45) is 0 Å². The van der Waals surface area contributed by atoms with Crippen LogP contribution in [0.4, 0.5) is 0 Å². The van der Waals surface area contributed by atoms with Gasteiger partial charge in [0.25, 0.3) is 0 Å². The van der Waals surface area contributed by atoms with Crippen molar-refractivity contribution in [1.29, 1.82) is 0 Å². The van der Waals surface area contributed by atoms with Gasteiger partial charge in [-0.3, -0.25) is 14.8 Å². The largest absolute Gasteiger partial charge is 0.481 e. The van der Waals surface area contributed by atoms with Crippen LogP contribution in [0.2, 0.25) is 0 Å². The predicted octanol–water partition coefficient (Wildman–Crippen LogP) is 4.06. The van der Waals surface area contributed by atoms with E-state index in [0.29, 0.717) is 6.42 Å². The standard InChI is InChI=1S/C20H20N2O2S/c1-15-13-16(6-12-22-15)3-4-17-14-21-11-7-18(17)25-20(8-2-9-20)10-5-19(23)24/h6-7,11-14H,2,5,8-10H2,1H3,(H,23,24). The summed E-state index contributed by atoms with van der Waals surface area (Å²) >= 11 is 1.77. The number of carboxylic acid groups (broad SMARTS) is 1. The van der Waals surface area contributed by atoms with Gasteiger partial charge in [0.15, 0.2) is 0 Å². The molecule has 5 heteroatoms. The molecule has 0 atom stereocenters. The SMILES string of the molecule is Cc1cc(C#Cc2cnccc2SC2(CCC(=O)O)CCC2)ccn1. The van der Waals surface area contributed by atoms with E-state index in [1.807, 2.05) is 25.1 Å².